The monoisotopic (exact) mass is 458 g/mol. The summed E-state index contributed by atoms with van der Waals surface area (Å²) in [5.74, 6) is -0.631. The van der Waals surface area contributed by atoms with Gasteiger partial charge in [0.05, 0.1) is 6.61 Å². The lowest BCUT2D eigenvalue weighted by atomic mass is 10.0. The van der Waals surface area contributed by atoms with E-state index >= 15 is 0 Å². The fraction of sp³-hybridized carbons (Fsp3) is 0.724. The van der Waals surface area contributed by atoms with Crippen LogP contribution in [0, 0.1) is 0 Å². The molecule has 2 saturated heterocycles. The van der Waals surface area contributed by atoms with Crippen molar-refractivity contribution in [1.29, 1.82) is 0 Å². The Morgan fingerprint density at radius 1 is 0.848 bits per heavy atom. The first kappa shape index (κ1) is 26.4. The molecule has 1 aromatic rings. The van der Waals surface area contributed by atoms with Crippen LogP contribution in [0.1, 0.15) is 103 Å². The molecule has 1 aromatic carbocycles. The minimum atomic E-state index is -0.631. The van der Waals surface area contributed by atoms with Crippen LogP contribution in [-0.2, 0) is 25.6 Å². The molecule has 186 valence electrons. The van der Waals surface area contributed by atoms with Crippen LogP contribution in [0.3, 0.4) is 0 Å². The van der Waals surface area contributed by atoms with Crippen molar-refractivity contribution >= 4 is 0 Å². The van der Waals surface area contributed by atoms with Crippen molar-refractivity contribution in [2.24, 2.45) is 0 Å². The minimum absolute atomic E-state index is 0.132. The van der Waals surface area contributed by atoms with Crippen LogP contribution in [-0.4, -0.2) is 30.4 Å². The van der Waals surface area contributed by atoms with E-state index < -0.39 is 5.79 Å². The highest BCUT2D eigenvalue weighted by molar-refractivity contribution is 5.14. The summed E-state index contributed by atoms with van der Waals surface area (Å²) in [4.78, 5) is 0. The van der Waals surface area contributed by atoms with Crippen molar-refractivity contribution in [3.63, 3.8) is 0 Å². The molecule has 3 rings (SSSR count). The Morgan fingerprint density at radius 2 is 1.48 bits per heavy atom. The van der Waals surface area contributed by atoms with Crippen molar-refractivity contribution in [2.45, 2.75) is 135 Å². The van der Waals surface area contributed by atoms with Crippen LogP contribution in [0.5, 0.6) is 0 Å². The number of ether oxygens (including phenoxy) is 4. The predicted molar refractivity (Wildman–Crippen MR) is 134 cm³/mol. The van der Waals surface area contributed by atoms with Gasteiger partial charge in [0.15, 0.2) is 12.1 Å². The van der Waals surface area contributed by atoms with E-state index in [-0.39, 0.29) is 24.6 Å². The fourth-order valence-electron chi connectivity index (χ4n) is 4.77. The average Bonchev–Trinajstić information content (AvgIpc) is 3.27. The van der Waals surface area contributed by atoms with Crippen LogP contribution in [0.25, 0.3) is 0 Å². The molecule has 0 unspecified atom stereocenters. The van der Waals surface area contributed by atoms with Crippen LogP contribution in [0.4, 0.5) is 0 Å². The SMILES string of the molecule is CCCCCCCCCCCCC/C=C\[C@H]1O[C@@H]2OC(C)(C)O[C@@H]2[C@H]1OCc1ccccc1. The molecule has 2 fully saturated rings. The van der Waals surface area contributed by atoms with Gasteiger partial charge in [0.1, 0.15) is 18.3 Å². The summed E-state index contributed by atoms with van der Waals surface area (Å²) in [5, 5.41) is 0. The maximum atomic E-state index is 6.29. The van der Waals surface area contributed by atoms with Crippen LogP contribution in [0.2, 0.25) is 0 Å². The zero-order valence-corrected chi connectivity index (χ0v) is 21.2. The number of hydrogen-bond acceptors (Lipinski definition) is 4. The maximum absolute atomic E-state index is 6.29. The number of unbranched alkanes of at least 4 members (excludes halogenated alkanes) is 11. The Morgan fingerprint density at radius 3 is 2.15 bits per heavy atom. The Labute approximate surface area is 202 Å². The molecule has 0 bridgehead atoms. The van der Waals surface area contributed by atoms with Gasteiger partial charge in [-0.05, 0) is 32.3 Å². The smallest absolute Gasteiger partial charge is 0.190 e. The maximum Gasteiger partial charge on any atom is 0.190 e. The summed E-state index contributed by atoms with van der Waals surface area (Å²) in [6.07, 6.45) is 19.7. The summed E-state index contributed by atoms with van der Waals surface area (Å²) in [6.45, 7) is 6.69. The first-order valence-corrected chi connectivity index (χ1v) is 13.4. The fourth-order valence-corrected chi connectivity index (χ4v) is 4.77. The average molecular weight is 459 g/mol. The Bertz CT molecular complexity index is 671. The van der Waals surface area contributed by atoms with Gasteiger partial charge in [0.25, 0.3) is 0 Å². The number of benzene rings is 1. The number of hydrogen-bond donors (Lipinski definition) is 0. The van der Waals surface area contributed by atoms with Crippen molar-refractivity contribution in [3.8, 4) is 0 Å². The van der Waals surface area contributed by atoms with Crippen molar-refractivity contribution < 1.29 is 18.9 Å². The van der Waals surface area contributed by atoms with E-state index in [0.29, 0.717) is 6.61 Å². The summed E-state index contributed by atoms with van der Waals surface area (Å²) < 4.78 is 24.5. The molecule has 33 heavy (non-hydrogen) atoms. The first-order chi connectivity index (χ1) is 16.1. The molecule has 0 saturated carbocycles. The predicted octanol–water partition coefficient (Wildman–Crippen LogP) is 7.71. The van der Waals surface area contributed by atoms with E-state index in [1.165, 1.54) is 70.6 Å². The third kappa shape index (κ3) is 9.16. The zero-order chi connectivity index (χ0) is 23.4. The van der Waals surface area contributed by atoms with Gasteiger partial charge in [0, 0.05) is 0 Å². The molecule has 0 radical (unpaired) electrons. The third-order valence-electron chi connectivity index (χ3n) is 6.61. The summed E-state index contributed by atoms with van der Waals surface area (Å²) in [6, 6.07) is 10.3. The molecule has 0 aliphatic carbocycles. The van der Waals surface area contributed by atoms with E-state index in [1.807, 2.05) is 32.0 Å². The Hall–Kier alpha value is -1.20. The molecule has 2 aliphatic rings. The van der Waals surface area contributed by atoms with Crippen molar-refractivity contribution in [2.75, 3.05) is 0 Å². The highest BCUT2D eigenvalue weighted by atomic mass is 16.8. The lowest BCUT2D eigenvalue weighted by molar-refractivity contribution is -0.213. The van der Waals surface area contributed by atoms with Crippen LogP contribution >= 0.6 is 0 Å². The van der Waals surface area contributed by atoms with Gasteiger partial charge in [-0.2, -0.15) is 0 Å². The number of rotatable bonds is 16. The van der Waals surface area contributed by atoms with Gasteiger partial charge in [-0.15, -0.1) is 0 Å². The Balaban J connectivity index is 1.33. The summed E-state index contributed by atoms with van der Waals surface area (Å²) in [5.41, 5.74) is 1.16. The van der Waals surface area contributed by atoms with Crippen LogP contribution < -0.4 is 0 Å². The van der Waals surface area contributed by atoms with E-state index in [1.54, 1.807) is 0 Å². The summed E-state index contributed by atoms with van der Waals surface area (Å²) >= 11 is 0. The van der Waals surface area contributed by atoms with Gasteiger partial charge < -0.3 is 18.9 Å². The highest BCUT2D eigenvalue weighted by Crippen LogP contribution is 2.39. The van der Waals surface area contributed by atoms with E-state index in [2.05, 4.69) is 31.2 Å². The molecular weight excluding hydrogens is 412 g/mol. The quantitative estimate of drug-likeness (QED) is 0.188. The summed E-state index contributed by atoms with van der Waals surface area (Å²) in [7, 11) is 0. The lowest BCUT2D eigenvalue weighted by Gasteiger charge is -2.24. The molecule has 0 aromatic heterocycles. The highest BCUT2D eigenvalue weighted by Gasteiger charge is 2.54. The largest absolute Gasteiger partial charge is 0.368 e. The van der Waals surface area contributed by atoms with Crippen LogP contribution in [0.15, 0.2) is 42.5 Å². The Kier molecular flexibility index (Phi) is 11.4. The third-order valence-corrected chi connectivity index (χ3v) is 6.61. The van der Waals surface area contributed by atoms with E-state index in [4.69, 9.17) is 18.9 Å². The van der Waals surface area contributed by atoms with Gasteiger partial charge in [-0.3, -0.25) is 0 Å². The molecule has 0 N–H and O–H groups in total. The van der Waals surface area contributed by atoms with Crippen molar-refractivity contribution in [1.82, 2.24) is 0 Å². The molecule has 4 atom stereocenters. The lowest BCUT2D eigenvalue weighted by Crippen LogP contribution is -2.36. The molecular formula is C29H46O4. The number of allylic oxidation sites excluding steroid dienone is 1. The van der Waals surface area contributed by atoms with E-state index in [0.717, 1.165) is 12.0 Å². The topological polar surface area (TPSA) is 36.9 Å². The molecule has 4 nitrogen and oxygen atoms in total. The molecule has 0 amide bonds. The molecule has 2 aliphatic heterocycles. The second-order valence-corrected chi connectivity index (χ2v) is 10.1. The molecule has 4 heteroatoms. The molecule has 2 heterocycles. The first-order valence-electron chi connectivity index (χ1n) is 13.4. The second kappa shape index (κ2) is 14.3. The zero-order valence-electron chi connectivity index (χ0n) is 21.2. The normalized spacial score (nSPS) is 26.3. The van der Waals surface area contributed by atoms with Gasteiger partial charge in [-0.1, -0.05) is 114 Å². The van der Waals surface area contributed by atoms with Gasteiger partial charge in [0.2, 0.25) is 0 Å². The van der Waals surface area contributed by atoms with Crippen molar-refractivity contribution in [3.05, 3.63) is 48.0 Å². The second-order valence-electron chi connectivity index (χ2n) is 10.1. The minimum Gasteiger partial charge on any atom is -0.368 e. The number of fused-ring (bicyclic) bond motifs is 1. The molecule has 0 spiro atoms. The van der Waals surface area contributed by atoms with Gasteiger partial charge >= 0.3 is 0 Å². The van der Waals surface area contributed by atoms with Gasteiger partial charge in [-0.25, -0.2) is 0 Å². The standard InChI is InChI=1S/C29H46O4/c1-4-5-6-7-8-9-10-11-12-13-14-15-19-22-25-26(30-23-24-20-17-16-18-21-24)27-28(31-25)33-29(2,3)32-27/h16-22,25-28H,4-15,23H2,1-3H3/b22-19-/t25-,26+,27-,28-/m1/s1. The van der Waals surface area contributed by atoms with E-state index in [9.17, 15) is 0 Å².